The van der Waals surface area contributed by atoms with E-state index in [1.807, 2.05) is 6.07 Å². The van der Waals surface area contributed by atoms with E-state index in [2.05, 4.69) is 199 Å². The van der Waals surface area contributed by atoms with E-state index >= 15 is 0 Å². The summed E-state index contributed by atoms with van der Waals surface area (Å²) in [5, 5.41) is 4.45. The van der Waals surface area contributed by atoms with Crippen LogP contribution in [0.5, 0.6) is 0 Å². The minimum atomic E-state index is -0.140. The van der Waals surface area contributed by atoms with Gasteiger partial charge in [-0.15, -0.1) is 0 Å². The molecule has 11 rings (SSSR count). The molecule has 264 valence electrons. The number of benzene rings is 8. The van der Waals surface area contributed by atoms with Crippen LogP contribution in [0.25, 0.3) is 43.6 Å². The molecule has 5 heteroatoms. The van der Waals surface area contributed by atoms with E-state index in [9.17, 15) is 0 Å². The van der Waals surface area contributed by atoms with Crippen molar-refractivity contribution in [2.75, 3.05) is 9.80 Å². The fourth-order valence-corrected chi connectivity index (χ4v) is 9.85. The van der Waals surface area contributed by atoms with Gasteiger partial charge in [0.1, 0.15) is 0 Å². The highest BCUT2D eigenvalue weighted by Gasteiger charge is 2.38. The second-order valence-electron chi connectivity index (χ2n) is 16.0. The molecule has 2 aliphatic rings. The zero-order chi connectivity index (χ0) is 37.2. The number of fused-ring (bicyclic) bond motifs is 11. The van der Waals surface area contributed by atoms with Crippen molar-refractivity contribution in [3.05, 3.63) is 178 Å². The Labute approximate surface area is 328 Å². The van der Waals surface area contributed by atoms with Crippen LogP contribution >= 0.6 is 15.9 Å². The lowest BCUT2D eigenvalue weighted by molar-refractivity contribution is 0.632. The normalized spacial score (nSPS) is 15.2. The molecule has 0 unspecified atom stereocenters. The molecule has 0 saturated heterocycles. The van der Waals surface area contributed by atoms with E-state index in [-0.39, 0.29) is 10.8 Å². The zero-order valence-electron chi connectivity index (χ0n) is 31.1. The standard InChI is InChI=1S/C50H37BrN4/c1-49(2)37-13-5-9-17-43(37)54(44-18-10-6-14-38(44)49)31-22-24-33-35(28-31)36-29-32(23-25-34(36)48-47(33)52-41-26-21-30(51)27-42(41)53-48)55-45-19-11-7-15-39(45)50(3,4)40-16-8-12-20-46(40)55/h5-29H,1-4H3. The third-order valence-corrected chi connectivity index (χ3v) is 12.7. The Hall–Kier alpha value is -6.04. The Morgan fingerprint density at radius 1 is 0.400 bits per heavy atom. The molecule has 0 saturated carbocycles. The van der Waals surface area contributed by atoms with Crippen molar-refractivity contribution in [2.45, 2.75) is 38.5 Å². The number of para-hydroxylation sites is 4. The maximum absolute atomic E-state index is 5.32. The lowest BCUT2D eigenvalue weighted by Gasteiger charge is -2.42. The monoisotopic (exact) mass is 772 g/mol. The second kappa shape index (κ2) is 11.5. The summed E-state index contributed by atoms with van der Waals surface area (Å²) in [5.74, 6) is 0. The quantitative estimate of drug-likeness (QED) is 0.129. The molecule has 0 amide bonds. The van der Waals surface area contributed by atoms with Gasteiger partial charge in [-0.05, 0) is 99.8 Å². The van der Waals surface area contributed by atoms with Crippen LogP contribution in [0, 0.1) is 0 Å². The number of nitrogens with zero attached hydrogens (tertiary/aromatic N) is 4. The van der Waals surface area contributed by atoms with Gasteiger partial charge in [-0.2, -0.15) is 0 Å². The second-order valence-corrected chi connectivity index (χ2v) is 16.9. The van der Waals surface area contributed by atoms with Gasteiger partial charge in [-0.25, -0.2) is 9.97 Å². The number of hydrogen-bond donors (Lipinski definition) is 0. The van der Waals surface area contributed by atoms with Gasteiger partial charge in [-0.1, -0.05) is 129 Å². The minimum Gasteiger partial charge on any atom is -0.310 e. The van der Waals surface area contributed by atoms with Crippen LogP contribution in [0.2, 0.25) is 0 Å². The summed E-state index contributed by atoms with van der Waals surface area (Å²) in [4.78, 5) is 15.5. The molecule has 8 aromatic carbocycles. The Morgan fingerprint density at radius 3 is 1.20 bits per heavy atom. The van der Waals surface area contributed by atoms with E-state index in [1.54, 1.807) is 0 Å². The Bertz CT molecular complexity index is 2990. The first-order valence-electron chi connectivity index (χ1n) is 18.9. The summed E-state index contributed by atoms with van der Waals surface area (Å²) < 4.78 is 0.987. The molecule has 0 fully saturated rings. The summed E-state index contributed by atoms with van der Waals surface area (Å²) in [5.41, 5.74) is 15.6. The van der Waals surface area contributed by atoms with E-state index in [4.69, 9.17) is 9.97 Å². The average Bonchev–Trinajstić information content (AvgIpc) is 3.20. The third-order valence-electron chi connectivity index (χ3n) is 12.2. The van der Waals surface area contributed by atoms with Crippen LogP contribution in [0.15, 0.2) is 156 Å². The Balaban J connectivity index is 1.23. The highest BCUT2D eigenvalue weighted by Crippen LogP contribution is 2.54. The van der Waals surface area contributed by atoms with Gasteiger partial charge in [0.25, 0.3) is 0 Å². The molecule has 9 aromatic rings. The van der Waals surface area contributed by atoms with Crippen LogP contribution in [-0.2, 0) is 10.8 Å². The number of halogens is 1. The van der Waals surface area contributed by atoms with Gasteiger partial charge in [0.05, 0.1) is 44.8 Å². The highest BCUT2D eigenvalue weighted by molar-refractivity contribution is 9.10. The molecular weight excluding hydrogens is 736 g/mol. The van der Waals surface area contributed by atoms with Crippen molar-refractivity contribution < 1.29 is 0 Å². The van der Waals surface area contributed by atoms with Crippen molar-refractivity contribution in [2.24, 2.45) is 0 Å². The fourth-order valence-electron chi connectivity index (χ4n) is 9.50. The van der Waals surface area contributed by atoms with Crippen LogP contribution in [0.3, 0.4) is 0 Å². The molecule has 4 nitrogen and oxygen atoms in total. The van der Waals surface area contributed by atoms with Crippen molar-refractivity contribution in [1.29, 1.82) is 0 Å². The molecule has 0 atom stereocenters. The zero-order valence-corrected chi connectivity index (χ0v) is 32.7. The van der Waals surface area contributed by atoms with Gasteiger partial charge < -0.3 is 9.80 Å². The maximum atomic E-state index is 5.32. The maximum Gasteiger partial charge on any atom is 0.0979 e. The third kappa shape index (κ3) is 4.57. The molecule has 0 radical (unpaired) electrons. The molecule has 0 N–H and O–H groups in total. The van der Waals surface area contributed by atoms with E-state index in [0.29, 0.717) is 0 Å². The first kappa shape index (κ1) is 32.4. The first-order valence-corrected chi connectivity index (χ1v) is 19.7. The summed E-state index contributed by atoms with van der Waals surface area (Å²) in [6, 6.07) is 55.4. The molecule has 2 aliphatic heterocycles. The largest absolute Gasteiger partial charge is 0.310 e. The van der Waals surface area contributed by atoms with Crippen molar-refractivity contribution in [1.82, 2.24) is 9.97 Å². The SMILES string of the molecule is CC1(C)c2ccccc2N(c2ccc3c(c2)c2cc(N4c5ccccc5C(C)(C)c5ccccc54)ccc2c2nc4cc(Br)ccc4nc32)c2ccccc21. The van der Waals surface area contributed by atoms with Crippen molar-refractivity contribution >= 4 is 93.7 Å². The van der Waals surface area contributed by atoms with Gasteiger partial charge in [0, 0.05) is 37.4 Å². The van der Waals surface area contributed by atoms with E-state index in [0.717, 1.165) is 59.5 Å². The van der Waals surface area contributed by atoms with Crippen molar-refractivity contribution in [3.8, 4) is 0 Å². The Kier molecular flexibility index (Phi) is 6.77. The van der Waals surface area contributed by atoms with Gasteiger partial charge in [-0.3, -0.25) is 0 Å². The molecule has 0 spiro atoms. The average molecular weight is 774 g/mol. The van der Waals surface area contributed by atoms with Gasteiger partial charge >= 0.3 is 0 Å². The van der Waals surface area contributed by atoms with Crippen LogP contribution in [0.1, 0.15) is 49.9 Å². The number of anilines is 6. The first-order chi connectivity index (χ1) is 26.7. The van der Waals surface area contributed by atoms with Gasteiger partial charge in [0.2, 0.25) is 0 Å². The predicted octanol–water partition coefficient (Wildman–Crippen LogP) is 14.1. The number of hydrogen-bond acceptors (Lipinski definition) is 4. The predicted molar refractivity (Wildman–Crippen MR) is 233 cm³/mol. The topological polar surface area (TPSA) is 32.3 Å². The molecule has 0 bridgehead atoms. The fraction of sp³-hybridized carbons (Fsp3) is 0.120. The summed E-state index contributed by atoms with van der Waals surface area (Å²) >= 11 is 3.67. The minimum absolute atomic E-state index is 0.139. The summed E-state index contributed by atoms with van der Waals surface area (Å²) in [6.45, 7) is 9.35. The molecule has 3 heterocycles. The molecule has 0 aliphatic carbocycles. The van der Waals surface area contributed by atoms with E-state index in [1.165, 1.54) is 45.0 Å². The number of rotatable bonds is 2. The van der Waals surface area contributed by atoms with Gasteiger partial charge in [0.15, 0.2) is 0 Å². The number of aromatic nitrogens is 2. The molecule has 1 aromatic heterocycles. The summed E-state index contributed by atoms with van der Waals surface area (Å²) in [6.07, 6.45) is 0. The lowest BCUT2D eigenvalue weighted by atomic mass is 9.73. The molecular formula is C50H37BrN4. The molecule has 55 heavy (non-hydrogen) atoms. The smallest absolute Gasteiger partial charge is 0.0979 e. The highest BCUT2D eigenvalue weighted by atomic mass is 79.9. The van der Waals surface area contributed by atoms with Crippen molar-refractivity contribution in [3.63, 3.8) is 0 Å². The van der Waals surface area contributed by atoms with E-state index < -0.39 is 0 Å². The van der Waals surface area contributed by atoms with Crippen LogP contribution in [-0.4, -0.2) is 9.97 Å². The summed E-state index contributed by atoms with van der Waals surface area (Å²) in [7, 11) is 0. The van der Waals surface area contributed by atoms with Crippen LogP contribution < -0.4 is 9.80 Å². The van der Waals surface area contributed by atoms with Crippen LogP contribution in [0.4, 0.5) is 34.1 Å². The lowest BCUT2D eigenvalue weighted by Crippen LogP contribution is -2.30. The Morgan fingerprint density at radius 2 is 0.782 bits per heavy atom.